The van der Waals surface area contributed by atoms with Crippen LogP contribution in [0.5, 0.6) is 0 Å². The van der Waals surface area contributed by atoms with Crippen molar-refractivity contribution < 1.29 is 4.79 Å². The third-order valence-electron chi connectivity index (χ3n) is 2.37. The van der Waals surface area contributed by atoms with Crippen molar-refractivity contribution in [3.8, 4) is 0 Å². The predicted molar refractivity (Wildman–Crippen MR) is 75.7 cm³/mol. The number of hydrogen-bond acceptors (Lipinski definition) is 3. The fourth-order valence-corrected chi connectivity index (χ4v) is 2.33. The molecule has 1 aromatic heterocycles. The zero-order chi connectivity index (χ0) is 13.1. The highest BCUT2D eigenvalue weighted by Crippen LogP contribution is 2.23. The number of rotatable bonds is 2. The van der Waals surface area contributed by atoms with Crippen LogP contribution in [0.15, 0.2) is 24.3 Å². The van der Waals surface area contributed by atoms with Crippen LogP contribution in [0.4, 0.5) is 15.6 Å². The minimum Gasteiger partial charge on any atom is -0.306 e. The fourth-order valence-electron chi connectivity index (χ4n) is 1.34. The number of nitrogens with zero attached hydrogens (tertiary/aromatic N) is 1. The summed E-state index contributed by atoms with van der Waals surface area (Å²) in [6.07, 6.45) is 0. The Bertz CT molecular complexity index is 563. The second-order valence-electron chi connectivity index (χ2n) is 3.72. The molecule has 1 heterocycles. The number of thiazole rings is 1. The normalized spacial score (nSPS) is 10.2. The molecule has 2 amide bonds. The van der Waals surface area contributed by atoms with E-state index in [0.717, 1.165) is 10.6 Å². The lowest BCUT2D eigenvalue weighted by atomic mass is 10.3. The van der Waals surface area contributed by atoms with Gasteiger partial charge < -0.3 is 5.32 Å². The second kappa shape index (κ2) is 5.37. The van der Waals surface area contributed by atoms with Crippen molar-refractivity contribution in [1.29, 1.82) is 0 Å². The third kappa shape index (κ3) is 3.00. The number of amides is 2. The number of urea groups is 1. The van der Waals surface area contributed by atoms with Crippen LogP contribution in [0.2, 0.25) is 5.02 Å². The highest BCUT2D eigenvalue weighted by molar-refractivity contribution is 7.15. The van der Waals surface area contributed by atoms with E-state index in [0.29, 0.717) is 15.8 Å². The van der Waals surface area contributed by atoms with E-state index >= 15 is 0 Å². The molecule has 0 aliphatic heterocycles. The molecule has 0 saturated carbocycles. The molecule has 0 saturated heterocycles. The summed E-state index contributed by atoms with van der Waals surface area (Å²) in [4.78, 5) is 17.1. The Balaban J connectivity index is 2.03. The Morgan fingerprint density at radius 2 is 2.00 bits per heavy atom. The molecular weight excluding hydrogens is 270 g/mol. The molecule has 4 nitrogen and oxygen atoms in total. The van der Waals surface area contributed by atoms with Gasteiger partial charge in [0.15, 0.2) is 5.13 Å². The van der Waals surface area contributed by atoms with Gasteiger partial charge in [0.25, 0.3) is 0 Å². The molecule has 0 radical (unpaired) electrons. The van der Waals surface area contributed by atoms with Gasteiger partial charge >= 0.3 is 6.03 Å². The van der Waals surface area contributed by atoms with Crippen LogP contribution in [0.3, 0.4) is 0 Å². The molecule has 6 heteroatoms. The lowest BCUT2D eigenvalue weighted by Crippen LogP contribution is -2.19. The number of halogens is 1. The molecule has 0 bridgehead atoms. The first-order valence-electron chi connectivity index (χ1n) is 5.33. The number of anilines is 2. The second-order valence-corrected chi connectivity index (χ2v) is 5.33. The standard InChI is InChI=1S/C12H12ClN3OS/c1-7-8(2)18-12(14-7)16-11(17)15-10-6-4-3-5-9(10)13/h3-6H,1-2H3,(H2,14,15,16,17). The number of hydrogen-bond donors (Lipinski definition) is 2. The third-order valence-corrected chi connectivity index (χ3v) is 3.69. The van der Waals surface area contributed by atoms with Gasteiger partial charge in [-0.3, -0.25) is 5.32 Å². The molecule has 94 valence electrons. The number of carbonyl (C=O) groups excluding carboxylic acids is 1. The van der Waals surface area contributed by atoms with E-state index in [1.165, 1.54) is 11.3 Å². The minimum atomic E-state index is -0.350. The smallest absolute Gasteiger partial charge is 0.306 e. The summed E-state index contributed by atoms with van der Waals surface area (Å²) < 4.78 is 0. The lowest BCUT2D eigenvalue weighted by Gasteiger charge is -2.06. The maximum Gasteiger partial charge on any atom is 0.325 e. The molecule has 0 aliphatic rings. The zero-order valence-electron chi connectivity index (χ0n) is 9.95. The maximum absolute atomic E-state index is 11.7. The first-order chi connectivity index (χ1) is 8.56. The van der Waals surface area contributed by atoms with Gasteiger partial charge in [-0.2, -0.15) is 0 Å². The average Bonchev–Trinajstić information content (AvgIpc) is 2.61. The van der Waals surface area contributed by atoms with E-state index in [-0.39, 0.29) is 6.03 Å². The number of carbonyl (C=O) groups is 1. The van der Waals surface area contributed by atoms with Crippen LogP contribution in [0.25, 0.3) is 0 Å². The highest BCUT2D eigenvalue weighted by Gasteiger charge is 2.09. The molecule has 1 aromatic carbocycles. The molecule has 0 fully saturated rings. The molecule has 18 heavy (non-hydrogen) atoms. The minimum absolute atomic E-state index is 0.350. The number of aromatic nitrogens is 1. The molecule has 0 spiro atoms. The Morgan fingerprint density at radius 1 is 1.28 bits per heavy atom. The Labute approximate surface area is 114 Å². The summed E-state index contributed by atoms with van der Waals surface area (Å²) in [6, 6.07) is 6.71. The van der Waals surface area contributed by atoms with Crippen molar-refractivity contribution in [2.75, 3.05) is 10.6 Å². The average molecular weight is 282 g/mol. The summed E-state index contributed by atoms with van der Waals surface area (Å²) in [5.41, 5.74) is 1.50. The molecule has 0 aliphatic carbocycles. The van der Waals surface area contributed by atoms with Crippen LogP contribution < -0.4 is 10.6 Å². The van der Waals surface area contributed by atoms with Crippen molar-refractivity contribution >= 4 is 39.8 Å². The fraction of sp³-hybridized carbons (Fsp3) is 0.167. The monoisotopic (exact) mass is 281 g/mol. The van der Waals surface area contributed by atoms with Gasteiger partial charge in [-0.15, -0.1) is 11.3 Å². The van der Waals surface area contributed by atoms with Crippen molar-refractivity contribution in [2.24, 2.45) is 0 Å². The van der Waals surface area contributed by atoms with Gasteiger partial charge in [-0.05, 0) is 26.0 Å². The van der Waals surface area contributed by atoms with Crippen molar-refractivity contribution in [3.05, 3.63) is 39.9 Å². The Morgan fingerprint density at radius 3 is 2.61 bits per heavy atom. The topological polar surface area (TPSA) is 54.0 Å². The van der Waals surface area contributed by atoms with Crippen LogP contribution >= 0.6 is 22.9 Å². The summed E-state index contributed by atoms with van der Waals surface area (Å²) >= 11 is 7.39. The van der Waals surface area contributed by atoms with Gasteiger partial charge in [-0.1, -0.05) is 23.7 Å². The van der Waals surface area contributed by atoms with E-state index < -0.39 is 0 Å². The van der Waals surface area contributed by atoms with Gasteiger partial charge in [0, 0.05) is 4.88 Å². The van der Waals surface area contributed by atoms with Crippen LogP contribution in [0.1, 0.15) is 10.6 Å². The van der Waals surface area contributed by atoms with E-state index in [4.69, 9.17) is 11.6 Å². The molecular formula is C12H12ClN3OS. The van der Waals surface area contributed by atoms with Crippen molar-refractivity contribution in [1.82, 2.24) is 4.98 Å². The van der Waals surface area contributed by atoms with Gasteiger partial charge in [0.05, 0.1) is 16.4 Å². The SMILES string of the molecule is Cc1nc(NC(=O)Nc2ccccc2Cl)sc1C. The number of benzene rings is 1. The summed E-state index contributed by atoms with van der Waals surface area (Å²) in [7, 11) is 0. The summed E-state index contributed by atoms with van der Waals surface area (Å²) in [6.45, 7) is 3.87. The largest absolute Gasteiger partial charge is 0.325 e. The van der Waals surface area contributed by atoms with Gasteiger partial charge in [0.2, 0.25) is 0 Å². The molecule has 0 atom stereocenters. The van der Waals surface area contributed by atoms with E-state index in [1.807, 2.05) is 13.8 Å². The molecule has 2 rings (SSSR count). The van der Waals surface area contributed by atoms with Crippen LogP contribution in [-0.4, -0.2) is 11.0 Å². The molecule has 0 unspecified atom stereocenters. The first kappa shape index (κ1) is 12.9. The maximum atomic E-state index is 11.7. The van der Waals surface area contributed by atoms with Crippen LogP contribution in [0, 0.1) is 13.8 Å². The van der Waals surface area contributed by atoms with Crippen LogP contribution in [-0.2, 0) is 0 Å². The van der Waals surface area contributed by atoms with Crippen molar-refractivity contribution in [3.63, 3.8) is 0 Å². The Hall–Kier alpha value is -1.59. The van der Waals surface area contributed by atoms with Gasteiger partial charge in [-0.25, -0.2) is 9.78 Å². The van der Waals surface area contributed by atoms with Crippen molar-refractivity contribution in [2.45, 2.75) is 13.8 Å². The highest BCUT2D eigenvalue weighted by atomic mass is 35.5. The Kier molecular flexibility index (Phi) is 3.84. The van der Waals surface area contributed by atoms with E-state index in [2.05, 4.69) is 15.6 Å². The summed E-state index contributed by atoms with van der Waals surface area (Å²) in [5.74, 6) is 0. The zero-order valence-corrected chi connectivity index (χ0v) is 11.5. The van der Waals surface area contributed by atoms with E-state index in [9.17, 15) is 4.79 Å². The molecule has 2 aromatic rings. The predicted octanol–water partition coefficient (Wildman–Crippen LogP) is 4.06. The lowest BCUT2D eigenvalue weighted by molar-refractivity contribution is 0.262. The summed E-state index contributed by atoms with van der Waals surface area (Å²) in [5, 5.41) is 6.43. The quantitative estimate of drug-likeness (QED) is 0.872. The number of aryl methyl sites for hydroxylation is 2. The number of nitrogens with one attached hydrogen (secondary N) is 2. The van der Waals surface area contributed by atoms with Gasteiger partial charge in [0.1, 0.15) is 0 Å². The first-order valence-corrected chi connectivity index (χ1v) is 6.52. The van der Waals surface area contributed by atoms with E-state index in [1.54, 1.807) is 24.3 Å². The molecule has 2 N–H and O–H groups in total. The number of para-hydroxylation sites is 1.